The molecule has 0 spiro atoms. The van der Waals surface area contributed by atoms with Crippen LogP contribution in [0.15, 0.2) is 65.6 Å². The highest BCUT2D eigenvalue weighted by molar-refractivity contribution is 7.90. The van der Waals surface area contributed by atoms with Crippen LogP contribution in [0.5, 0.6) is 0 Å². The Morgan fingerprint density at radius 3 is 2.25 bits per heavy atom. The van der Waals surface area contributed by atoms with Crippen molar-refractivity contribution in [3.63, 3.8) is 0 Å². The van der Waals surface area contributed by atoms with Crippen LogP contribution in [0, 0.1) is 0 Å². The lowest BCUT2D eigenvalue weighted by molar-refractivity contribution is -0.138. The standard InChI is InChI=1S/C26H19ClF6N4O5S2/c27-18-7-6-16(11-17(18)26(31,32)33)43(39,40)36-21(24-34-19-8-5-15(25(28,29)30)10-20(19)35-24)9-13-1-3-14(4-2-13)22-12-23(38)37-44(22,41)42/h1-8,10-11,21-22,36H,9,12H2,(H,34,35)(H,37,38)/t21-,22?/m0/s1. The number of carbonyl (C=O) groups is 1. The van der Waals surface area contributed by atoms with Gasteiger partial charge >= 0.3 is 12.4 Å². The van der Waals surface area contributed by atoms with E-state index in [0.717, 1.165) is 30.3 Å². The molecule has 1 saturated heterocycles. The van der Waals surface area contributed by atoms with Crippen LogP contribution < -0.4 is 9.44 Å². The van der Waals surface area contributed by atoms with Crippen molar-refractivity contribution in [1.29, 1.82) is 0 Å². The molecule has 3 N–H and O–H groups in total. The molecular weight excluding hydrogens is 662 g/mol. The first-order chi connectivity index (χ1) is 20.3. The van der Waals surface area contributed by atoms with Gasteiger partial charge in [0.2, 0.25) is 26.0 Å². The van der Waals surface area contributed by atoms with Gasteiger partial charge in [-0.1, -0.05) is 35.9 Å². The number of H-pyrrole nitrogens is 1. The average molecular weight is 681 g/mol. The van der Waals surface area contributed by atoms with Gasteiger partial charge in [-0.15, -0.1) is 0 Å². The van der Waals surface area contributed by atoms with E-state index >= 15 is 0 Å². The molecule has 0 saturated carbocycles. The SMILES string of the molecule is O=C1CC(c2ccc(C[C@H](NS(=O)(=O)c3ccc(Cl)c(C(F)(F)F)c3)c3nc4ccc(C(F)(F)F)cc4[nH]3)cc2)S(=O)(=O)N1. The van der Waals surface area contributed by atoms with Crippen LogP contribution in [-0.4, -0.2) is 32.7 Å². The Bertz CT molecular complexity index is 1980. The molecule has 0 radical (unpaired) electrons. The molecular formula is C26H19ClF6N4O5S2. The molecule has 44 heavy (non-hydrogen) atoms. The van der Waals surface area contributed by atoms with Gasteiger partial charge in [0.15, 0.2) is 0 Å². The van der Waals surface area contributed by atoms with Gasteiger partial charge in [-0.05, 0) is 53.9 Å². The summed E-state index contributed by atoms with van der Waals surface area (Å²) in [6.07, 6.45) is -10.2. The van der Waals surface area contributed by atoms with E-state index in [4.69, 9.17) is 11.6 Å². The number of aromatic amines is 1. The van der Waals surface area contributed by atoms with Gasteiger partial charge in [0.05, 0.1) is 44.5 Å². The summed E-state index contributed by atoms with van der Waals surface area (Å²) in [4.78, 5) is 17.7. The monoisotopic (exact) mass is 680 g/mol. The lowest BCUT2D eigenvalue weighted by atomic mass is 10.0. The second-order valence-electron chi connectivity index (χ2n) is 9.87. The van der Waals surface area contributed by atoms with E-state index in [1.54, 1.807) is 0 Å². The number of amides is 1. The van der Waals surface area contributed by atoms with Gasteiger partial charge in [0.25, 0.3) is 0 Å². The number of aromatic nitrogens is 2. The highest BCUT2D eigenvalue weighted by atomic mass is 35.5. The minimum atomic E-state index is -4.97. The molecule has 1 aliphatic heterocycles. The topological polar surface area (TPSA) is 138 Å². The van der Waals surface area contributed by atoms with Gasteiger partial charge in [-0.3, -0.25) is 9.52 Å². The molecule has 3 aromatic carbocycles. The van der Waals surface area contributed by atoms with Crippen molar-refractivity contribution in [1.82, 2.24) is 19.4 Å². The summed E-state index contributed by atoms with van der Waals surface area (Å²) in [6, 6.07) is 8.97. The zero-order valence-electron chi connectivity index (χ0n) is 21.8. The van der Waals surface area contributed by atoms with Gasteiger partial charge in [-0.2, -0.15) is 26.3 Å². The third-order valence-corrected chi connectivity index (χ3v) is 10.3. The maximum atomic E-state index is 13.4. The number of sulfonamides is 2. The molecule has 2 atom stereocenters. The summed E-state index contributed by atoms with van der Waals surface area (Å²) in [6.45, 7) is 0. The van der Waals surface area contributed by atoms with E-state index in [1.165, 1.54) is 24.3 Å². The Labute approximate surface area is 250 Å². The fourth-order valence-electron chi connectivity index (χ4n) is 4.66. The molecule has 1 aromatic heterocycles. The predicted octanol–water partition coefficient (Wildman–Crippen LogP) is 5.41. The number of halogens is 7. The average Bonchev–Trinajstić information content (AvgIpc) is 3.46. The van der Waals surface area contributed by atoms with Crippen LogP contribution in [0.4, 0.5) is 26.3 Å². The second kappa shape index (κ2) is 11.0. The quantitative estimate of drug-likeness (QED) is 0.223. The number of fused-ring (bicyclic) bond motifs is 1. The molecule has 2 heterocycles. The number of alkyl halides is 6. The summed E-state index contributed by atoms with van der Waals surface area (Å²) >= 11 is 5.62. The van der Waals surface area contributed by atoms with Crippen molar-refractivity contribution >= 4 is 48.6 Å². The fraction of sp³-hybridized carbons (Fsp3) is 0.231. The molecule has 4 aromatic rings. The Hall–Kier alpha value is -3.67. The number of hydrogen-bond donors (Lipinski definition) is 3. The first-order valence-electron chi connectivity index (χ1n) is 12.4. The number of rotatable bonds is 7. The number of nitrogens with one attached hydrogen (secondary N) is 3. The van der Waals surface area contributed by atoms with E-state index in [9.17, 15) is 48.0 Å². The van der Waals surface area contributed by atoms with Crippen molar-refractivity contribution in [2.24, 2.45) is 0 Å². The van der Waals surface area contributed by atoms with E-state index in [0.29, 0.717) is 11.6 Å². The number of nitrogens with zero attached hydrogens (tertiary/aromatic N) is 1. The molecule has 1 amide bonds. The summed E-state index contributed by atoms with van der Waals surface area (Å²) < 4.78 is 135. The van der Waals surface area contributed by atoms with Crippen LogP contribution in [0.1, 0.15) is 45.8 Å². The number of imidazole rings is 1. The fourth-order valence-corrected chi connectivity index (χ4v) is 7.54. The van der Waals surface area contributed by atoms with Crippen molar-refractivity contribution < 1.29 is 48.0 Å². The maximum absolute atomic E-state index is 13.4. The van der Waals surface area contributed by atoms with Crippen molar-refractivity contribution in [3.05, 3.63) is 93.8 Å². The van der Waals surface area contributed by atoms with Gasteiger partial charge < -0.3 is 4.98 Å². The Morgan fingerprint density at radius 1 is 0.977 bits per heavy atom. The van der Waals surface area contributed by atoms with Gasteiger partial charge in [0.1, 0.15) is 11.1 Å². The molecule has 18 heteroatoms. The predicted molar refractivity (Wildman–Crippen MR) is 145 cm³/mol. The molecule has 1 fully saturated rings. The smallest absolute Gasteiger partial charge is 0.341 e. The zero-order valence-corrected chi connectivity index (χ0v) is 24.2. The molecule has 5 rings (SSSR count). The largest absolute Gasteiger partial charge is 0.417 e. The van der Waals surface area contributed by atoms with Crippen LogP contribution in [0.25, 0.3) is 11.0 Å². The minimum Gasteiger partial charge on any atom is -0.341 e. The third kappa shape index (κ3) is 6.55. The number of carbonyl (C=O) groups excluding carboxylic acids is 1. The second-order valence-corrected chi connectivity index (χ2v) is 13.9. The zero-order chi connectivity index (χ0) is 32.2. The van der Waals surface area contributed by atoms with Crippen LogP contribution >= 0.6 is 11.6 Å². The summed E-state index contributed by atoms with van der Waals surface area (Å²) in [7, 11) is -8.66. The van der Waals surface area contributed by atoms with Crippen LogP contribution in [-0.2, 0) is 43.6 Å². The molecule has 234 valence electrons. The van der Waals surface area contributed by atoms with E-state index < -0.39 is 70.6 Å². The Balaban J connectivity index is 1.52. The third-order valence-electron chi connectivity index (χ3n) is 6.80. The summed E-state index contributed by atoms with van der Waals surface area (Å²) in [5.74, 6) is -0.826. The molecule has 9 nitrogen and oxygen atoms in total. The molecule has 1 unspecified atom stereocenters. The number of hydrogen-bond acceptors (Lipinski definition) is 6. The lowest BCUT2D eigenvalue weighted by Crippen LogP contribution is -2.31. The van der Waals surface area contributed by atoms with Gasteiger partial charge in [-0.25, -0.2) is 26.5 Å². The lowest BCUT2D eigenvalue weighted by Gasteiger charge is -2.19. The Morgan fingerprint density at radius 2 is 1.66 bits per heavy atom. The van der Waals surface area contributed by atoms with Gasteiger partial charge in [0, 0.05) is 0 Å². The minimum absolute atomic E-state index is 0.0574. The van der Waals surface area contributed by atoms with Crippen molar-refractivity contribution in [2.45, 2.75) is 41.4 Å². The van der Waals surface area contributed by atoms with E-state index in [-0.39, 0.29) is 35.3 Å². The first kappa shape index (κ1) is 31.7. The number of benzene rings is 3. The summed E-state index contributed by atoms with van der Waals surface area (Å²) in [5.41, 5.74) is -1.75. The van der Waals surface area contributed by atoms with Crippen LogP contribution in [0.2, 0.25) is 5.02 Å². The van der Waals surface area contributed by atoms with Crippen molar-refractivity contribution in [2.75, 3.05) is 0 Å². The van der Waals surface area contributed by atoms with Crippen molar-refractivity contribution in [3.8, 4) is 0 Å². The first-order valence-corrected chi connectivity index (χ1v) is 15.8. The van der Waals surface area contributed by atoms with E-state index in [1.807, 2.05) is 4.72 Å². The molecule has 1 aliphatic rings. The summed E-state index contributed by atoms with van der Waals surface area (Å²) in [5, 5.41) is -1.88. The molecule has 0 aliphatic carbocycles. The maximum Gasteiger partial charge on any atom is 0.417 e. The highest BCUT2D eigenvalue weighted by Gasteiger charge is 2.38. The van der Waals surface area contributed by atoms with E-state index in [2.05, 4.69) is 14.7 Å². The normalized spacial score (nSPS) is 18.0. The van der Waals surface area contributed by atoms with Crippen LogP contribution in [0.3, 0.4) is 0 Å². The highest BCUT2D eigenvalue weighted by Crippen LogP contribution is 2.37. The molecule has 0 bridgehead atoms. The Kier molecular flexibility index (Phi) is 7.97.